The highest BCUT2D eigenvalue weighted by Crippen LogP contribution is 2.43. The van der Waals surface area contributed by atoms with Crippen molar-refractivity contribution in [2.75, 3.05) is 33.4 Å². The molecular formula is C17H23NO6S. The summed E-state index contributed by atoms with van der Waals surface area (Å²) < 4.78 is 38.0. The molecule has 0 radical (unpaired) electrons. The molecule has 138 valence electrons. The predicted molar refractivity (Wildman–Crippen MR) is 90.1 cm³/mol. The first-order valence-electron chi connectivity index (χ1n) is 8.33. The first kappa shape index (κ1) is 18.2. The fourth-order valence-corrected chi connectivity index (χ4v) is 5.37. The van der Waals surface area contributed by atoms with Crippen LogP contribution in [0.2, 0.25) is 0 Å². The molecular weight excluding hydrogens is 346 g/mol. The van der Waals surface area contributed by atoms with Gasteiger partial charge in [0.2, 0.25) is 10.0 Å². The molecule has 2 saturated heterocycles. The van der Waals surface area contributed by atoms with Gasteiger partial charge in [0.15, 0.2) is 0 Å². The Morgan fingerprint density at radius 1 is 1.48 bits per heavy atom. The van der Waals surface area contributed by atoms with Crippen molar-refractivity contribution in [2.45, 2.75) is 24.7 Å². The number of rotatable bonds is 5. The van der Waals surface area contributed by atoms with Gasteiger partial charge in [0.05, 0.1) is 18.6 Å². The molecule has 0 aromatic heterocycles. The molecule has 3 rings (SSSR count). The van der Waals surface area contributed by atoms with Gasteiger partial charge in [-0.05, 0) is 42.5 Å². The molecule has 0 amide bonds. The molecule has 2 fully saturated rings. The van der Waals surface area contributed by atoms with Crippen LogP contribution in [0.4, 0.5) is 0 Å². The van der Waals surface area contributed by atoms with E-state index in [1.807, 2.05) is 6.92 Å². The molecule has 0 unspecified atom stereocenters. The lowest BCUT2D eigenvalue weighted by Crippen LogP contribution is -2.46. The van der Waals surface area contributed by atoms with Crippen LogP contribution in [-0.2, 0) is 26.0 Å². The lowest BCUT2D eigenvalue weighted by Gasteiger charge is -2.34. The molecule has 25 heavy (non-hydrogen) atoms. The van der Waals surface area contributed by atoms with Crippen molar-refractivity contribution in [1.82, 2.24) is 4.31 Å². The van der Waals surface area contributed by atoms with E-state index in [2.05, 4.69) is 0 Å². The summed E-state index contributed by atoms with van der Waals surface area (Å²) in [4.78, 5) is 12.0. The minimum atomic E-state index is -3.77. The second-order valence-corrected chi connectivity index (χ2v) is 8.56. The number of fused-ring (bicyclic) bond motifs is 1. The van der Waals surface area contributed by atoms with Gasteiger partial charge in [0.25, 0.3) is 0 Å². The molecule has 1 N–H and O–H groups in total. The zero-order chi connectivity index (χ0) is 18.2. The number of aliphatic carboxylic acids is 1. The third kappa shape index (κ3) is 2.92. The Morgan fingerprint density at radius 2 is 2.24 bits per heavy atom. The van der Waals surface area contributed by atoms with E-state index < -0.39 is 21.4 Å². The number of aryl methyl sites for hydroxylation is 1. The molecule has 2 heterocycles. The molecule has 8 heteroatoms. The zero-order valence-electron chi connectivity index (χ0n) is 14.4. The van der Waals surface area contributed by atoms with Gasteiger partial charge in [0.1, 0.15) is 11.2 Å². The second kappa shape index (κ2) is 6.59. The van der Waals surface area contributed by atoms with Gasteiger partial charge in [-0.2, -0.15) is 4.31 Å². The summed E-state index contributed by atoms with van der Waals surface area (Å²) in [5.41, 5.74) is -0.345. The quantitative estimate of drug-likeness (QED) is 0.843. The largest absolute Gasteiger partial charge is 0.496 e. The Hall–Kier alpha value is -1.64. The Kier molecular flexibility index (Phi) is 4.78. The molecule has 1 aromatic rings. The highest BCUT2D eigenvalue weighted by Gasteiger charge is 2.56. The van der Waals surface area contributed by atoms with Crippen LogP contribution in [0.1, 0.15) is 18.9 Å². The van der Waals surface area contributed by atoms with Crippen LogP contribution in [0.25, 0.3) is 0 Å². The van der Waals surface area contributed by atoms with Crippen LogP contribution in [0, 0.1) is 11.3 Å². The van der Waals surface area contributed by atoms with Crippen LogP contribution in [-0.4, -0.2) is 57.2 Å². The predicted octanol–water partition coefficient (Wildman–Crippen LogP) is 1.37. The van der Waals surface area contributed by atoms with Crippen molar-refractivity contribution in [2.24, 2.45) is 11.3 Å². The van der Waals surface area contributed by atoms with Gasteiger partial charge in [-0.3, -0.25) is 4.79 Å². The number of carboxylic acids is 1. The number of methoxy groups -OCH3 is 1. The smallest absolute Gasteiger partial charge is 0.313 e. The number of carboxylic acid groups (broad SMARTS) is 1. The highest BCUT2D eigenvalue weighted by molar-refractivity contribution is 7.89. The molecule has 0 saturated carbocycles. The lowest BCUT2D eigenvalue weighted by molar-refractivity contribution is -0.159. The van der Waals surface area contributed by atoms with E-state index in [4.69, 9.17) is 9.47 Å². The summed E-state index contributed by atoms with van der Waals surface area (Å²) in [6.45, 7) is 2.61. The standard InChI is InChI=1S/C17H23NO6S/c1-3-12-8-14(4-5-15(12)23-2)25(21,22)18-9-13-6-7-24-11-17(13,10-18)16(19)20/h4-5,8,13H,3,6-7,9-11H2,1-2H3,(H,19,20)/t13-,17+/m0/s1. The topological polar surface area (TPSA) is 93.1 Å². The highest BCUT2D eigenvalue weighted by atomic mass is 32.2. The number of ether oxygens (including phenoxy) is 2. The zero-order valence-corrected chi connectivity index (χ0v) is 15.2. The van der Waals surface area contributed by atoms with E-state index in [0.29, 0.717) is 25.2 Å². The third-order valence-corrected chi connectivity index (χ3v) is 7.14. The lowest BCUT2D eigenvalue weighted by atomic mass is 9.76. The van der Waals surface area contributed by atoms with E-state index in [-0.39, 0.29) is 30.5 Å². The Labute approximate surface area is 147 Å². The van der Waals surface area contributed by atoms with Crippen LogP contribution in [0.15, 0.2) is 23.1 Å². The SMILES string of the molecule is CCc1cc(S(=O)(=O)N2C[C@@H]3CCOC[C@]3(C(=O)O)C2)ccc1OC. The Bertz CT molecular complexity index is 777. The summed E-state index contributed by atoms with van der Waals surface area (Å²) >= 11 is 0. The summed E-state index contributed by atoms with van der Waals surface area (Å²) in [5, 5.41) is 9.69. The molecule has 0 bridgehead atoms. The van der Waals surface area contributed by atoms with Crippen LogP contribution in [0.5, 0.6) is 5.75 Å². The average molecular weight is 369 g/mol. The van der Waals surface area contributed by atoms with Gasteiger partial charge in [-0.25, -0.2) is 8.42 Å². The first-order valence-corrected chi connectivity index (χ1v) is 9.77. The summed E-state index contributed by atoms with van der Waals surface area (Å²) in [7, 11) is -2.22. The second-order valence-electron chi connectivity index (χ2n) is 6.62. The Morgan fingerprint density at radius 3 is 2.84 bits per heavy atom. The van der Waals surface area contributed by atoms with Crippen LogP contribution >= 0.6 is 0 Å². The van der Waals surface area contributed by atoms with Gasteiger partial charge >= 0.3 is 5.97 Å². The molecule has 2 aliphatic rings. The van der Waals surface area contributed by atoms with Crippen molar-refractivity contribution < 1.29 is 27.8 Å². The summed E-state index contributed by atoms with van der Waals surface area (Å²) in [5.74, 6) is -0.566. The number of hydrogen-bond donors (Lipinski definition) is 1. The van der Waals surface area contributed by atoms with Gasteiger partial charge in [0, 0.05) is 19.7 Å². The van der Waals surface area contributed by atoms with Crippen molar-refractivity contribution in [3.8, 4) is 5.75 Å². The normalized spacial score (nSPS) is 27.0. The maximum atomic E-state index is 13.1. The molecule has 2 aliphatic heterocycles. The van der Waals surface area contributed by atoms with Crippen molar-refractivity contribution in [1.29, 1.82) is 0 Å². The van der Waals surface area contributed by atoms with E-state index in [1.165, 1.54) is 10.4 Å². The minimum absolute atomic E-state index is 0.0528. The fraction of sp³-hybridized carbons (Fsp3) is 0.588. The van der Waals surface area contributed by atoms with Gasteiger partial charge in [-0.1, -0.05) is 6.92 Å². The molecule has 1 aromatic carbocycles. The number of nitrogens with zero attached hydrogens (tertiary/aromatic N) is 1. The minimum Gasteiger partial charge on any atom is -0.496 e. The van der Waals surface area contributed by atoms with Crippen molar-refractivity contribution >= 4 is 16.0 Å². The van der Waals surface area contributed by atoms with E-state index >= 15 is 0 Å². The molecule has 2 atom stereocenters. The Balaban J connectivity index is 1.95. The average Bonchev–Trinajstić information content (AvgIpc) is 3.03. The van der Waals surface area contributed by atoms with Gasteiger partial charge < -0.3 is 14.6 Å². The van der Waals surface area contributed by atoms with E-state index in [9.17, 15) is 18.3 Å². The van der Waals surface area contributed by atoms with Crippen molar-refractivity contribution in [3.05, 3.63) is 23.8 Å². The van der Waals surface area contributed by atoms with Crippen LogP contribution < -0.4 is 4.74 Å². The fourth-order valence-electron chi connectivity index (χ4n) is 3.77. The van der Waals surface area contributed by atoms with Gasteiger partial charge in [-0.15, -0.1) is 0 Å². The number of sulfonamides is 1. The monoisotopic (exact) mass is 369 g/mol. The maximum absolute atomic E-state index is 13.1. The molecule has 7 nitrogen and oxygen atoms in total. The van der Waals surface area contributed by atoms with Crippen molar-refractivity contribution in [3.63, 3.8) is 0 Å². The summed E-state index contributed by atoms with van der Waals surface area (Å²) in [6, 6.07) is 4.77. The number of benzene rings is 1. The first-order chi connectivity index (χ1) is 11.8. The third-order valence-electron chi connectivity index (χ3n) is 5.33. The number of carbonyl (C=O) groups is 1. The summed E-state index contributed by atoms with van der Waals surface area (Å²) in [6.07, 6.45) is 1.20. The van der Waals surface area contributed by atoms with Crippen LogP contribution in [0.3, 0.4) is 0 Å². The maximum Gasteiger partial charge on any atom is 0.313 e. The van der Waals surface area contributed by atoms with E-state index in [1.54, 1.807) is 19.2 Å². The molecule has 0 spiro atoms. The molecule has 0 aliphatic carbocycles. The van der Waals surface area contributed by atoms with E-state index in [0.717, 1.165) is 5.56 Å². The number of hydrogen-bond acceptors (Lipinski definition) is 5.